The van der Waals surface area contributed by atoms with E-state index in [-0.39, 0.29) is 5.75 Å². The van der Waals surface area contributed by atoms with E-state index < -0.39 is 11.6 Å². The quantitative estimate of drug-likeness (QED) is 0.647. The van der Waals surface area contributed by atoms with E-state index in [9.17, 15) is 8.78 Å². The first kappa shape index (κ1) is 14.7. The molecule has 106 valence electrons. The molecule has 2 N–H and O–H groups in total. The molecule has 2 aromatic carbocycles. The van der Waals surface area contributed by atoms with Crippen LogP contribution < -0.4 is 10.5 Å². The van der Waals surface area contributed by atoms with E-state index in [1.165, 1.54) is 6.07 Å². The minimum atomic E-state index is -0.758. The van der Waals surface area contributed by atoms with Crippen LogP contribution >= 0.6 is 11.8 Å². The highest BCUT2D eigenvalue weighted by atomic mass is 32.2. The molecular formula is C15H15F2NOS. The van der Waals surface area contributed by atoms with E-state index in [1.807, 2.05) is 6.07 Å². The molecule has 0 fully saturated rings. The highest BCUT2D eigenvalue weighted by Gasteiger charge is 2.10. The number of hydrogen-bond donors (Lipinski definition) is 1. The SMILES string of the molecule is CC(C)Sc1ccc(N)c(Oc2ccc(F)cc2F)c1. The van der Waals surface area contributed by atoms with Crippen molar-refractivity contribution >= 4 is 17.4 Å². The zero-order valence-electron chi connectivity index (χ0n) is 11.2. The normalized spacial score (nSPS) is 10.8. The second-order valence-corrected chi connectivity index (χ2v) is 6.19. The Morgan fingerprint density at radius 1 is 1.05 bits per heavy atom. The Bertz CT molecular complexity index is 617. The number of rotatable bonds is 4. The van der Waals surface area contributed by atoms with E-state index in [2.05, 4.69) is 13.8 Å². The second kappa shape index (κ2) is 6.13. The topological polar surface area (TPSA) is 35.2 Å². The summed E-state index contributed by atoms with van der Waals surface area (Å²) in [6.07, 6.45) is 0. The number of hydrogen-bond acceptors (Lipinski definition) is 3. The first-order valence-corrected chi connectivity index (χ1v) is 7.03. The summed E-state index contributed by atoms with van der Waals surface area (Å²) in [6, 6.07) is 8.50. The molecule has 0 atom stereocenters. The van der Waals surface area contributed by atoms with Gasteiger partial charge in [-0.3, -0.25) is 0 Å². The molecule has 0 unspecified atom stereocenters. The summed E-state index contributed by atoms with van der Waals surface area (Å²) in [4.78, 5) is 0.978. The Kier molecular flexibility index (Phi) is 4.49. The number of nitrogen functional groups attached to an aromatic ring is 1. The van der Waals surface area contributed by atoms with Gasteiger partial charge in [-0.05, 0) is 30.3 Å². The van der Waals surface area contributed by atoms with Crippen LogP contribution in [0.2, 0.25) is 0 Å². The van der Waals surface area contributed by atoms with Gasteiger partial charge in [0.1, 0.15) is 5.82 Å². The van der Waals surface area contributed by atoms with Crippen molar-refractivity contribution in [2.24, 2.45) is 0 Å². The molecular weight excluding hydrogens is 280 g/mol. The van der Waals surface area contributed by atoms with Crippen molar-refractivity contribution in [2.45, 2.75) is 24.0 Å². The van der Waals surface area contributed by atoms with E-state index >= 15 is 0 Å². The lowest BCUT2D eigenvalue weighted by Crippen LogP contribution is -1.95. The summed E-state index contributed by atoms with van der Waals surface area (Å²) >= 11 is 1.65. The van der Waals surface area contributed by atoms with Gasteiger partial charge in [0.15, 0.2) is 17.3 Å². The van der Waals surface area contributed by atoms with Gasteiger partial charge in [-0.2, -0.15) is 0 Å². The van der Waals surface area contributed by atoms with E-state index in [0.717, 1.165) is 17.0 Å². The van der Waals surface area contributed by atoms with E-state index in [0.29, 0.717) is 16.7 Å². The van der Waals surface area contributed by atoms with E-state index in [4.69, 9.17) is 10.5 Å². The van der Waals surface area contributed by atoms with Crippen LogP contribution in [0.15, 0.2) is 41.3 Å². The zero-order valence-corrected chi connectivity index (χ0v) is 12.0. The Balaban J connectivity index is 2.27. The number of halogens is 2. The van der Waals surface area contributed by atoms with Crippen molar-refractivity contribution in [3.8, 4) is 11.5 Å². The molecule has 0 radical (unpaired) electrons. The lowest BCUT2D eigenvalue weighted by molar-refractivity contribution is 0.438. The molecule has 0 saturated heterocycles. The van der Waals surface area contributed by atoms with Crippen molar-refractivity contribution in [1.29, 1.82) is 0 Å². The molecule has 0 bridgehead atoms. The molecule has 2 rings (SSSR count). The van der Waals surface area contributed by atoms with Gasteiger partial charge in [-0.15, -0.1) is 11.8 Å². The summed E-state index contributed by atoms with van der Waals surface area (Å²) in [7, 11) is 0. The average Bonchev–Trinajstić information content (AvgIpc) is 2.36. The second-order valence-electron chi connectivity index (χ2n) is 4.54. The highest BCUT2D eigenvalue weighted by molar-refractivity contribution is 7.99. The molecule has 0 saturated carbocycles. The maximum Gasteiger partial charge on any atom is 0.168 e. The fourth-order valence-electron chi connectivity index (χ4n) is 1.62. The Labute approximate surface area is 120 Å². The van der Waals surface area contributed by atoms with E-state index in [1.54, 1.807) is 23.9 Å². The molecule has 2 aromatic rings. The maximum absolute atomic E-state index is 13.6. The summed E-state index contributed by atoms with van der Waals surface area (Å²) in [5.74, 6) is -1.09. The van der Waals surface area contributed by atoms with Crippen molar-refractivity contribution in [3.63, 3.8) is 0 Å². The zero-order chi connectivity index (χ0) is 14.7. The summed E-state index contributed by atoms with van der Waals surface area (Å²) in [5, 5.41) is 0.411. The number of nitrogens with two attached hydrogens (primary N) is 1. The number of anilines is 1. The molecule has 0 aliphatic carbocycles. The van der Waals surface area contributed by atoms with Crippen LogP contribution in [0.25, 0.3) is 0 Å². The first-order valence-electron chi connectivity index (χ1n) is 6.15. The van der Waals surface area contributed by atoms with Crippen LogP contribution in [0.5, 0.6) is 11.5 Å². The Morgan fingerprint density at radius 3 is 2.45 bits per heavy atom. The minimum Gasteiger partial charge on any atom is -0.452 e. The summed E-state index contributed by atoms with van der Waals surface area (Å²) < 4.78 is 31.9. The van der Waals surface area contributed by atoms with Crippen LogP contribution in [0.4, 0.5) is 14.5 Å². The molecule has 0 amide bonds. The lowest BCUT2D eigenvalue weighted by atomic mass is 10.3. The average molecular weight is 295 g/mol. The van der Waals surface area contributed by atoms with Gasteiger partial charge in [-0.25, -0.2) is 8.78 Å². The van der Waals surface area contributed by atoms with Crippen LogP contribution in [-0.4, -0.2) is 5.25 Å². The van der Waals surface area contributed by atoms with Gasteiger partial charge in [0.2, 0.25) is 0 Å². The predicted octanol–water partition coefficient (Wildman–Crippen LogP) is 4.84. The summed E-state index contributed by atoms with van der Waals surface area (Å²) in [5.41, 5.74) is 6.22. The number of ether oxygens (including phenoxy) is 1. The van der Waals surface area contributed by atoms with Gasteiger partial charge in [0.25, 0.3) is 0 Å². The minimum absolute atomic E-state index is 0.0511. The predicted molar refractivity (Wildman–Crippen MR) is 78.3 cm³/mol. The van der Waals surface area contributed by atoms with Gasteiger partial charge >= 0.3 is 0 Å². The molecule has 20 heavy (non-hydrogen) atoms. The van der Waals surface area contributed by atoms with Gasteiger partial charge in [0, 0.05) is 16.2 Å². The lowest BCUT2D eigenvalue weighted by Gasteiger charge is -2.12. The number of thioether (sulfide) groups is 1. The van der Waals surface area contributed by atoms with Gasteiger partial charge < -0.3 is 10.5 Å². The monoisotopic (exact) mass is 295 g/mol. The third-order valence-electron chi connectivity index (χ3n) is 2.47. The first-order chi connectivity index (χ1) is 9.45. The standard InChI is InChI=1S/C15H15F2NOS/c1-9(2)20-11-4-5-13(18)15(8-11)19-14-6-3-10(16)7-12(14)17/h3-9H,18H2,1-2H3. The summed E-state index contributed by atoms with van der Waals surface area (Å²) in [6.45, 7) is 4.14. The molecule has 0 aromatic heterocycles. The molecule has 0 spiro atoms. The molecule has 0 heterocycles. The van der Waals surface area contributed by atoms with Crippen LogP contribution in [0.3, 0.4) is 0 Å². The van der Waals surface area contributed by atoms with Crippen molar-refractivity contribution < 1.29 is 13.5 Å². The fraction of sp³-hybridized carbons (Fsp3) is 0.200. The van der Waals surface area contributed by atoms with Crippen LogP contribution in [0, 0.1) is 11.6 Å². The number of benzene rings is 2. The maximum atomic E-state index is 13.6. The van der Waals surface area contributed by atoms with Crippen molar-refractivity contribution in [1.82, 2.24) is 0 Å². The largest absolute Gasteiger partial charge is 0.452 e. The molecule has 5 heteroatoms. The van der Waals surface area contributed by atoms with Crippen molar-refractivity contribution in [2.75, 3.05) is 5.73 Å². The third-order valence-corrected chi connectivity index (χ3v) is 3.47. The highest BCUT2D eigenvalue weighted by Crippen LogP contribution is 2.34. The molecule has 2 nitrogen and oxygen atoms in total. The fourth-order valence-corrected chi connectivity index (χ4v) is 2.49. The Hall–Kier alpha value is -1.75. The smallest absolute Gasteiger partial charge is 0.168 e. The molecule has 0 aliphatic heterocycles. The van der Waals surface area contributed by atoms with Gasteiger partial charge in [-0.1, -0.05) is 13.8 Å². The third kappa shape index (κ3) is 3.63. The van der Waals surface area contributed by atoms with Crippen LogP contribution in [0.1, 0.15) is 13.8 Å². The Morgan fingerprint density at radius 2 is 1.80 bits per heavy atom. The molecule has 0 aliphatic rings. The van der Waals surface area contributed by atoms with Gasteiger partial charge in [0.05, 0.1) is 5.69 Å². The van der Waals surface area contributed by atoms with Crippen LogP contribution in [-0.2, 0) is 0 Å². The van der Waals surface area contributed by atoms with Crippen molar-refractivity contribution in [3.05, 3.63) is 48.0 Å².